The van der Waals surface area contributed by atoms with Crippen LogP contribution in [0.15, 0.2) is 47.8 Å². The molecule has 0 spiro atoms. The van der Waals surface area contributed by atoms with Gasteiger partial charge in [0.05, 0.1) is 0 Å². The van der Waals surface area contributed by atoms with E-state index in [-0.39, 0.29) is 0 Å². The summed E-state index contributed by atoms with van der Waals surface area (Å²) < 4.78 is 0. The van der Waals surface area contributed by atoms with Gasteiger partial charge in [0.25, 0.3) is 0 Å². The largest absolute Gasteiger partial charge is 0.363 e. The highest BCUT2D eigenvalue weighted by molar-refractivity contribution is 6.31. The van der Waals surface area contributed by atoms with Crippen LogP contribution in [0.4, 0.5) is 0 Å². The Morgan fingerprint density at radius 3 is 2.27 bits per heavy atom. The molecule has 0 unspecified atom stereocenters. The molecule has 1 heterocycles. The van der Waals surface area contributed by atoms with E-state index in [1.54, 1.807) is 0 Å². The molecule has 0 saturated carbocycles. The zero-order valence-corrected chi connectivity index (χ0v) is 9.68. The molecule has 15 heavy (non-hydrogen) atoms. The van der Waals surface area contributed by atoms with Crippen molar-refractivity contribution < 1.29 is 0 Å². The maximum atomic E-state index is 6.17. The summed E-state index contributed by atoms with van der Waals surface area (Å²) in [5, 5.41) is 4.11. The SMILES string of the molecule is CC1=CC(c2ccccc2Cl)C=C(C)N1. The zero-order valence-electron chi connectivity index (χ0n) is 8.92. The maximum Gasteiger partial charge on any atom is 0.0447 e. The molecular formula is C13H14ClN. The molecule has 1 aromatic carbocycles. The monoisotopic (exact) mass is 219 g/mol. The lowest BCUT2D eigenvalue weighted by Gasteiger charge is -2.20. The topological polar surface area (TPSA) is 12.0 Å². The predicted molar refractivity (Wildman–Crippen MR) is 64.8 cm³/mol. The van der Waals surface area contributed by atoms with Gasteiger partial charge in [0.15, 0.2) is 0 Å². The van der Waals surface area contributed by atoms with Crippen LogP contribution >= 0.6 is 11.6 Å². The lowest BCUT2D eigenvalue weighted by Crippen LogP contribution is -2.14. The first-order valence-corrected chi connectivity index (χ1v) is 5.43. The summed E-state index contributed by atoms with van der Waals surface area (Å²) in [4.78, 5) is 0. The molecule has 0 aliphatic carbocycles. The zero-order chi connectivity index (χ0) is 10.8. The minimum absolute atomic E-state index is 0.292. The molecule has 0 atom stereocenters. The van der Waals surface area contributed by atoms with Gasteiger partial charge in [-0.3, -0.25) is 0 Å². The minimum atomic E-state index is 0.292. The molecule has 0 radical (unpaired) electrons. The Balaban J connectivity index is 2.39. The predicted octanol–water partition coefficient (Wildman–Crippen LogP) is 3.83. The summed E-state index contributed by atoms with van der Waals surface area (Å²) in [7, 11) is 0. The maximum absolute atomic E-state index is 6.17. The summed E-state index contributed by atoms with van der Waals surface area (Å²) in [6, 6.07) is 7.99. The Labute approximate surface area is 95.5 Å². The summed E-state index contributed by atoms with van der Waals surface area (Å²) in [5.74, 6) is 0.292. The van der Waals surface area contributed by atoms with Gasteiger partial charge in [-0.15, -0.1) is 0 Å². The molecule has 2 heteroatoms. The normalized spacial score (nSPS) is 16.7. The molecule has 2 rings (SSSR count). The molecule has 0 saturated heterocycles. The Hall–Kier alpha value is -1.21. The third-order valence-electron chi connectivity index (χ3n) is 2.52. The number of hydrogen-bond acceptors (Lipinski definition) is 1. The average Bonchev–Trinajstić information content (AvgIpc) is 2.16. The van der Waals surface area contributed by atoms with E-state index in [0.29, 0.717) is 5.92 Å². The fraction of sp³-hybridized carbons (Fsp3) is 0.231. The van der Waals surface area contributed by atoms with E-state index in [0.717, 1.165) is 5.02 Å². The van der Waals surface area contributed by atoms with Crippen molar-refractivity contribution in [2.24, 2.45) is 0 Å². The van der Waals surface area contributed by atoms with Crippen LogP contribution in [0.2, 0.25) is 5.02 Å². The molecule has 0 bridgehead atoms. The van der Waals surface area contributed by atoms with Gasteiger partial charge in [0.2, 0.25) is 0 Å². The quantitative estimate of drug-likeness (QED) is 0.757. The fourth-order valence-electron chi connectivity index (χ4n) is 1.91. The van der Waals surface area contributed by atoms with Crippen LogP contribution in [-0.4, -0.2) is 0 Å². The molecule has 0 fully saturated rings. The van der Waals surface area contributed by atoms with E-state index in [1.807, 2.05) is 18.2 Å². The van der Waals surface area contributed by atoms with Gasteiger partial charge in [-0.25, -0.2) is 0 Å². The Morgan fingerprint density at radius 2 is 1.67 bits per heavy atom. The second-order valence-corrected chi connectivity index (χ2v) is 4.28. The number of allylic oxidation sites excluding steroid dienone is 4. The first-order chi connectivity index (χ1) is 7.16. The average molecular weight is 220 g/mol. The second-order valence-electron chi connectivity index (χ2n) is 3.87. The van der Waals surface area contributed by atoms with Crippen molar-refractivity contribution in [2.75, 3.05) is 0 Å². The number of dihydropyridines is 1. The number of benzene rings is 1. The molecule has 1 nitrogen and oxygen atoms in total. The molecule has 0 aromatic heterocycles. The number of rotatable bonds is 1. The summed E-state index contributed by atoms with van der Waals surface area (Å²) in [6.45, 7) is 4.14. The van der Waals surface area contributed by atoms with E-state index in [9.17, 15) is 0 Å². The third kappa shape index (κ3) is 2.24. The van der Waals surface area contributed by atoms with E-state index < -0.39 is 0 Å². The molecule has 1 aromatic rings. The van der Waals surface area contributed by atoms with Crippen molar-refractivity contribution in [3.63, 3.8) is 0 Å². The molecule has 1 aliphatic heterocycles. The fourth-order valence-corrected chi connectivity index (χ4v) is 2.17. The lowest BCUT2D eigenvalue weighted by molar-refractivity contribution is 0.870. The Morgan fingerprint density at radius 1 is 1.07 bits per heavy atom. The molecule has 1 N–H and O–H groups in total. The smallest absolute Gasteiger partial charge is 0.0447 e. The Bertz CT molecular complexity index is 414. The first kappa shape index (κ1) is 10.3. The van der Waals surface area contributed by atoms with Crippen molar-refractivity contribution in [1.29, 1.82) is 0 Å². The highest BCUT2D eigenvalue weighted by Crippen LogP contribution is 2.29. The second kappa shape index (κ2) is 4.11. The lowest BCUT2D eigenvalue weighted by atomic mass is 9.95. The van der Waals surface area contributed by atoms with Crippen molar-refractivity contribution in [2.45, 2.75) is 19.8 Å². The van der Waals surface area contributed by atoms with E-state index in [1.165, 1.54) is 17.0 Å². The molecule has 1 aliphatic rings. The van der Waals surface area contributed by atoms with Crippen LogP contribution in [0.1, 0.15) is 25.3 Å². The van der Waals surface area contributed by atoms with E-state index in [4.69, 9.17) is 11.6 Å². The summed E-state index contributed by atoms with van der Waals surface area (Å²) >= 11 is 6.17. The van der Waals surface area contributed by atoms with Crippen LogP contribution in [0.3, 0.4) is 0 Å². The van der Waals surface area contributed by atoms with E-state index in [2.05, 4.69) is 37.4 Å². The van der Waals surface area contributed by atoms with Crippen LogP contribution in [0.5, 0.6) is 0 Å². The summed E-state index contributed by atoms with van der Waals surface area (Å²) in [5.41, 5.74) is 3.53. The molecular weight excluding hydrogens is 206 g/mol. The highest BCUT2D eigenvalue weighted by atomic mass is 35.5. The van der Waals surface area contributed by atoms with Crippen LogP contribution in [-0.2, 0) is 0 Å². The van der Waals surface area contributed by atoms with Gasteiger partial charge < -0.3 is 5.32 Å². The molecule has 78 valence electrons. The Kier molecular flexibility index (Phi) is 2.83. The van der Waals surface area contributed by atoms with Gasteiger partial charge in [-0.2, -0.15) is 0 Å². The molecule has 0 amide bonds. The van der Waals surface area contributed by atoms with Crippen molar-refractivity contribution in [3.05, 3.63) is 58.4 Å². The number of hydrogen-bond donors (Lipinski definition) is 1. The van der Waals surface area contributed by atoms with Crippen LogP contribution < -0.4 is 5.32 Å². The van der Waals surface area contributed by atoms with Gasteiger partial charge in [-0.05, 0) is 25.5 Å². The van der Waals surface area contributed by atoms with E-state index >= 15 is 0 Å². The third-order valence-corrected chi connectivity index (χ3v) is 2.86. The minimum Gasteiger partial charge on any atom is -0.363 e. The van der Waals surface area contributed by atoms with Crippen LogP contribution in [0, 0.1) is 0 Å². The van der Waals surface area contributed by atoms with Gasteiger partial charge in [0.1, 0.15) is 0 Å². The highest BCUT2D eigenvalue weighted by Gasteiger charge is 2.13. The number of halogens is 1. The van der Waals surface area contributed by atoms with Gasteiger partial charge in [-0.1, -0.05) is 42.0 Å². The summed E-state index contributed by atoms with van der Waals surface area (Å²) in [6.07, 6.45) is 4.38. The van der Waals surface area contributed by atoms with Crippen molar-refractivity contribution in [3.8, 4) is 0 Å². The van der Waals surface area contributed by atoms with Gasteiger partial charge >= 0.3 is 0 Å². The van der Waals surface area contributed by atoms with Crippen molar-refractivity contribution in [1.82, 2.24) is 5.32 Å². The number of nitrogens with one attached hydrogen (secondary N) is 1. The van der Waals surface area contributed by atoms with Crippen LogP contribution in [0.25, 0.3) is 0 Å². The van der Waals surface area contributed by atoms with Crippen molar-refractivity contribution >= 4 is 11.6 Å². The van der Waals surface area contributed by atoms with Gasteiger partial charge in [0, 0.05) is 22.3 Å². The first-order valence-electron chi connectivity index (χ1n) is 5.05. The standard InChI is InChI=1S/C13H14ClN/c1-9-7-11(8-10(2)15-9)12-5-3-4-6-13(12)14/h3-8,11,15H,1-2H3.